The third-order valence-corrected chi connectivity index (χ3v) is 8.44. The highest BCUT2D eigenvalue weighted by atomic mass is 35.5. The lowest BCUT2D eigenvalue weighted by molar-refractivity contribution is -0.311. The molecule has 6 atom stereocenters. The molecule has 1 saturated heterocycles. The van der Waals surface area contributed by atoms with Gasteiger partial charge in [0.2, 0.25) is 11.8 Å². The molecule has 0 aliphatic carbocycles. The predicted octanol–water partition coefficient (Wildman–Crippen LogP) is 0.0220. The number of hydrogen-bond acceptors (Lipinski definition) is 15. The number of aliphatic hydroxyl groups is 3. The van der Waals surface area contributed by atoms with Crippen molar-refractivity contribution in [3.63, 3.8) is 0 Å². The number of aliphatic hydroxyl groups excluding tert-OH is 3. The number of halogens is 1. The zero-order valence-electron chi connectivity index (χ0n) is 33.0. The van der Waals surface area contributed by atoms with Crippen LogP contribution in [0.25, 0.3) is 0 Å². The lowest BCUT2D eigenvalue weighted by Gasteiger charge is -2.47. The lowest BCUT2D eigenvalue weighted by Crippen LogP contribution is -2.68. The topological polar surface area (TPSA) is 267 Å². The second-order valence-electron chi connectivity index (χ2n) is 14.2. The number of methoxy groups -OCH3 is 1. The Morgan fingerprint density at radius 3 is 2.23 bits per heavy atom. The summed E-state index contributed by atoms with van der Waals surface area (Å²) in [7, 11) is 1.05. The zero-order valence-corrected chi connectivity index (χ0v) is 33.8. The minimum Gasteiger partial charge on any atom is -0.465 e. The van der Waals surface area contributed by atoms with Crippen molar-refractivity contribution in [2.75, 3.05) is 53.2 Å². The number of rotatable bonds is 23. The average molecular weight is 833 g/mol. The van der Waals surface area contributed by atoms with Gasteiger partial charge in [-0.25, -0.2) is 9.59 Å². The summed E-state index contributed by atoms with van der Waals surface area (Å²) in [5.74, 6) is -5.71. The van der Waals surface area contributed by atoms with E-state index in [9.17, 15) is 44.1 Å². The maximum atomic E-state index is 13.1. The number of benzene rings is 1. The molecule has 0 radical (unpaired) electrons. The van der Waals surface area contributed by atoms with E-state index in [0.717, 1.165) is 14.0 Å². The summed E-state index contributed by atoms with van der Waals surface area (Å²) < 4.78 is 32.0. The first-order chi connectivity index (χ1) is 26.9. The Labute approximate surface area is 336 Å². The van der Waals surface area contributed by atoms with Crippen LogP contribution in [0.3, 0.4) is 0 Å². The molecule has 19 nitrogen and oxygen atoms in total. The second kappa shape index (κ2) is 24.6. The van der Waals surface area contributed by atoms with E-state index >= 15 is 0 Å². The van der Waals surface area contributed by atoms with Crippen molar-refractivity contribution in [2.24, 2.45) is 0 Å². The van der Waals surface area contributed by atoms with Crippen LogP contribution in [-0.4, -0.2) is 146 Å². The summed E-state index contributed by atoms with van der Waals surface area (Å²) in [6.45, 7) is 5.99. The standard InChI is InChI=1S/C37H57ClN4O15/c1-23(43)54-22-30(48)42-31-26(44)20-37(34(50)52-5,56-33(31)32(49)27(45)21-41-29(47)19-24-10-12-25(38)13-11-24)55-16-8-6-7-9-28(46)39-14-17-53-18-15-40-35(51)57-36(2,3)4/h10-13,26-27,31-33,44-45,49H,6-9,14-22H2,1-5H3,(H,39,46)(H,40,51)(H,41,47)(H,42,48)/t26-,27+,31+,32+,33+,37+/m0/s1. The smallest absolute Gasteiger partial charge is 0.407 e. The summed E-state index contributed by atoms with van der Waals surface area (Å²) in [6, 6.07) is 5.06. The largest absolute Gasteiger partial charge is 0.465 e. The molecule has 0 spiro atoms. The molecule has 20 heteroatoms. The second-order valence-corrected chi connectivity index (χ2v) is 14.6. The van der Waals surface area contributed by atoms with Crippen LogP contribution in [0.5, 0.6) is 0 Å². The first kappa shape index (κ1) is 49.0. The summed E-state index contributed by atoms with van der Waals surface area (Å²) >= 11 is 5.89. The van der Waals surface area contributed by atoms with Crippen LogP contribution in [0.15, 0.2) is 24.3 Å². The summed E-state index contributed by atoms with van der Waals surface area (Å²) in [5.41, 5.74) is 0.0276. The predicted molar refractivity (Wildman–Crippen MR) is 201 cm³/mol. The molecule has 0 saturated carbocycles. The van der Waals surface area contributed by atoms with Crippen molar-refractivity contribution >= 4 is 47.4 Å². The fourth-order valence-corrected chi connectivity index (χ4v) is 5.58. The van der Waals surface area contributed by atoms with Crippen molar-refractivity contribution in [3.05, 3.63) is 34.9 Å². The molecule has 0 bridgehead atoms. The van der Waals surface area contributed by atoms with Crippen LogP contribution in [0.1, 0.15) is 65.4 Å². The minimum absolute atomic E-state index is 0.0651. The van der Waals surface area contributed by atoms with Crippen LogP contribution >= 0.6 is 11.6 Å². The quantitative estimate of drug-likeness (QED) is 0.0436. The Bertz CT molecular complexity index is 1460. The number of carbonyl (C=O) groups excluding carboxylic acids is 6. The molecule has 2 rings (SSSR count). The van der Waals surface area contributed by atoms with Gasteiger partial charge in [-0.05, 0) is 51.3 Å². The van der Waals surface area contributed by atoms with Crippen LogP contribution in [-0.2, 0) is 58.8 Å². The molecule has 1 fully saturated rings. The van der Waals surface area contributed by atoms with Crippen molar-refractivity contribution in [2.45, 2.75) is 108 Å². The first-order valence-electron chi connectivity index (χ1n) is 18.6. The van der Waals surface area contributed by atoms with Crippen LogP contribution < -0.4 is 21.3 Å². The summed E-state index contributed by atoms with van der Waals surface area (Å²) in [6.07, 6.45) is -6.74. The molecule has 1 aromatic rings. The molecule has 1 heterocycles. The van der Waals surface area contributed by atoms with E-state index in [0.29, 0.717) is 29.8 Å². The van der Waals surface area contributed by atoms with E-state index in [2.05, 4.69) is 21.3 Å². The van der Waals surface area contributed by atoms with Gasteiger partial charge in [0.1, 0.15) is 17.8 Å². The number of alkyl carbamates (subject to hydrolysis) is 1. The minimum atomic E-state index is -2.30. The van der Waals surface area contributed by atoms with E-state index in [1.165, 1.54) is 0 Å². The number of unbranched alkanes of at least 4 members (excludes halogenated alkanes) is 2. The van der Waals surface area contributed by atoms with Gasteiger partial charge in [0.05, 0.1) is 51.6 Å². The van der Waals surface area contributed by atoms with Gasteiger partial charge in [0.25, 0.3) is 11.7 Å². The zero-order chi connectivity index (χ0) is 42.6. The van der Waals surface area contributed by atoms with Gasteiger partial charge in [-0.15, -0.1) is 0 Å². The lowest BCUT2D eigenvalue weighted by atomic mass is 9.88. The molecule has 322 valence electrons. The van der Waals surface area contributed by atoms with Gasteiger partial charge in [-0.2, -0.15) is 0 Å². The van der Waals surface area contributed by atoms with E-state index in [-0.39, 0.29) is 51.7 Å². The number of hydrogen-bond donors (Lipinski definition) is 7. The van der Waals surface area contributed by atoms with Gasteiger partial charge < -0.3 is 65.0 Å². The highest BCUT2D eigenvalue weighted by molar-refractivity contribution is 6.30. The fourth-order valence-electron chi connectivity index (χ4n) is 5.46. The number of nitrogens with one attached hydrogen (secondary N) is 4. The number of ether oxygens (including phenoxy) is 6. The van der Waals surface area contributed by atoms with E-state index < -0.39 is 91.3 Å². The van der Waals surface area contributed by atoms with Crippen molar-refractivity contribution < 1.29 is 72.5 Å². The molecule has 57 heavy (non-hydrogen) atoms. The highest BCUT2D eigenvalue weighted by Gasteiger charge is 2.56. The molecule has 0 aromatic heterocycles. The average Bonchev–Trinajstić information content (AvgIpc) is 3.14. The normalized spacial score (nSPS) is 20.3. The maximum Gasteiger partial charge on any atom is 0.407 e. The van der Waals surface area contributed by atoms with Crippen molar-refractivity contribution in [1.82, 2.24) is 21.3 Å². The van der Waals surface area contributed by atoms with Crippen LogP contribution in [0, 0.1) is 0 Å². The van der Waals surface area contributed by atoms with Gasteiger partial charge in [-0.1, -0.05) is 30.2 Å². The highest BCUT2D eigenvalue weighted by Crippen LogP contribution is 2.34. The van der Waals surface area contributed by atoms with Crippen LogP contribution in [0.2, 0.25) is 5.02 Å². The Morgan fingerprint density at radius 1 is 0.930 bits per heavy atom. The first-order valence-corrected chi connectivity index (χ1v) is 18.9. The summed E-state index contributed by atoms with van der Waals surface area (Å²) in [5, 5.41) is 44.1. The van der Waals surface area contributed by atoms with Gasteiger partial charge in [0, 0.05) is 44.4 Å². The summed E-state index contributed by atoms with van der Waals surface area (Å²) in [4.78, 5) is 73.4. The Hall–Kier alpha value is -4.11. The SMILES string of the molecule is COC(=O)[C@@]1(OCCCCCC(=O)NCCOCCNC(=O)OC(C)(C)C)C[C@H](O)[C@@H](NC(=O)COC(C)=O)[C@H]([C@H](O)[C@H](O)CNC(=O)Cc2ccc(Cl)cc2)O1. The number of carbonyl (C=O) groups is 6. The molecule has 1 aromatic carbocycles. The fraction of sp³-hybridized carbons (Fsp3) is 0.676. The monoisotopic (exact) mass is 832 g/mol. The Balaban J connectivity index is 1.94. The third-order valence-electron chi connectivity index (χ3n) is 8.19. The number of esters is 2. The third kappa shape index (κ3) is 18.8. The van der Waals surface area contributed by atoms with Gasteiger partial charge in [0.15, 0.2) is 6.61 Å². The van der Waals surface area contributed by atoms with Crippen molar-refractivity contribution in [1.29, 1.82) is 0 Å². The van der Waals surface area contributed by atoms with E-state index in [4.69, 9.17) is 40.0 Å². The van der Waals surface area contributed by atoms with Crippen molar-refractivity contribution in [3.8, 4) is 0 Å². The van der Waals surface area contributed by atoms with E-state index in [1.807, 2.05) is 0 Å². The Morgan fingerprint density at radius 2 is 1.60 bits per heavy atom. The Kier molecular flexibility index (Phi) is 21.2. The molecular weight excluding hydrogens is 776 g/mol. The van der Waals surface area contributed by atoms with Gasteiger partial charge >= 0.3 is 18.0 Å². The molecule has 4 amide bonds. The van der Waals surface area contributed by atoms with Crippen LogP contribution in [0.4, 0.5) is 4.79 Å². The number of amides is 4. The molecule has 1 aliphatic rings. The molecular formula is C37H57ClN4O15. The molecule has 7 N–H and O–H groups in total. The van der Waals surface area contributed by atoms with E-state index in [1.54, 1.807) is 45.0 Å². The molecule has 0 unspecified atom stereocenters. The maximum absolute atomic E-state index is 13.1. The van der Waals surface area contributed by atoms with Gasteiger partial charge in [-0.3, -0.25) is 19.2 Å². The molecule has 1 aliphatic heterocycles.